The third-order valence-corrected chi connectivity index (χ3v) is 5.49. The summed E-state index contributed by atoms with van der Waals surface area (Å²) < 4.78 is 40.7. The average Bonchev–Trinajstić information content (AvgIpc) is 3.49. The molecule has 1 N–H and O–H groups in total. The lowest BCUT2D eigenvalue weighted by Gasteiger charge is -2.18. The Morgan fingerprint density at radius 1 is 1.10 bits per heavy atom. The fraction of sp³-hybridized carbons (Fsp3) is 0.250. The summed E-state index contributed by atoms with van der Waals surface area (Å²) in [7, 11) is 0. The van der Waals surface area contributed by atoms with Gasteiger partial charge in [0, 0.05) is 5.92 Å². The highest BCUT2D eigenvalue weighted by molar-refractivity contribution is 6.48. The van der Waals surface area contributed by atoms with E-state index in [2.05, 4.69) is 5.48 Å². The molecule has 9 heteroatoms. The third-order valence-electron chi connectivity index (χ3n) is 4.30. The molecule has 0 bridgehead atoms. The van der Waals surface area contributed by atoms with Crippen molar-refractivity contribution in [3.63, 3.8) is 0 Å². The fourth-order valence-corrected chi connectivity index (χ4v) is 3.17. The summed E-state index contributed by atoms with van der Waals surface area (Å²) in [5, 5.41) is -0.0931. The van der Waals surface area contributed by atoms with Gasteiger partial charge in [0.1, 0.15) is 0 Å². The highest BCUT2D eigenvalue weighted by atomic mass is 35.5. The minimum absolute atomic E-state index is 0.00588. The van der Waals surface area contributed by atoms with Gasteiger partial charge in [-0.25, -0.2) is 0 Å². The van der Waals surface area contributed by atoms with Gasteiger partial charge in [0.2, 0.25) is 0 Å². The van der Waals surface area contributed by atoms with Crippen LogP contribution < -0.4 is 10.3 Å². The van der Waals surface area contributed by atoms with Gasteiger partial charge in [0.15, 0.2) is 5.75 Å². The molecule has 1 aliphatic carbocycles. The van der Waals surface area contributed by atoms with E-state index in [-0.39, 0.29) is 32.5 Å². The van der Waals surface area contributed by atoms with Crippen molar-refractivity contribution in [2.24, 2.45) is 5.92 Å². The SMILES string of the molecule is O=C(NOc1ccc(C=CC(c2cc(Cl)c(Cl)c(Cl)c2)C(F)(F)F)cc1)C1CC1. The van der Waals surface area contributed by atoms with Crippen molar-refractivity contribution >= 4 is 46.8 Å². The number of allylic oxidation sites excluding steroid dienone is 1. The second kappa shape index (κ2) is 8.86. The van der Waals surface area contributed by atoms with E-state index in [9.17, 15) is 18.0 Å². The number of nitrogens with one attached hydrogen (secondary N) is 1. The first-order valence-electron chi connectivity index (χ1n) is 8.61. The molecule has 3 nitrogen and oxygen atoms in total. The van der Waals surface area contributed by atoms with Crippen LogP contribution in [0.5, 0.6) is 5.75 Å². The molecule has 1 unspecified atom stereocenters. The molecule has 3 rings (SSSR count). The maximum absolute atomic E-state index is 13.6. The highest BCUT2D eigenvalue weighted by Crippen LogP contribution is 2.41. The first kappa shape index (κ1) is 21.8. The molecule has 1 aliphatic rings. The van der Waals surface area contributed by atoms with Crippen LogP contribution in [0.1, 0.15) is 29.9 Å². The van der Waals surface area contributed by atoms with E-state index in [1.807, 2.05) is 0 Å². The number of hydroxylamine groups is 1. The van der Waals surface area contributed by atoms with Crippen LogP contribution in [0.15, 0.2) is 42.5 Å². The largest absolute Gasteiger partial charge is 0.399 e. The first-order valence-corrected chi connectivity index (χ1v) is 9.74. The Morgan fingerprint density at radius 2 is 1.69 bits per heavy atom. The van der Waals surface area contributed by atoms with Gasteiger partial charge < -0.3 is 4.84 Å². The summed E-state index contributed by atoms with van der Waals surface area (Å²) >= 11 is 17.6. The molecule has 0 aliphatic heterocycles. The number of rotatable bonds is 6. The van der Waals surface area contributed by atoms with Gasteiger partial charge in [-0.1, -0.05) is 59.1 Å². The lowest BCUT2D eigenvalue weighted by molar-refractivity contribution is -0.139. The fourth-order valence-electron chi connectivity index (χ4n) is 2.56. The molecule has 0 heterocycles. The van der Waals surface area contributed by atoms with Gasteiger partial charge >= 0.3 is 6.18 Å². The van der Waals surface area contributed by atoms with Crippen LogP contribution >= 0.6 is 34.8 Å². The second-order valence-corrected chi connectivity index (χ2v) is 7.78. The minimum atomic E-state index is -4.55. The smallest absolute Gasteiger partial charge is 0.380 e. The molecule has 2 aromatic carbocycles. The Bertz CT molecular complexity index is 903. The Balaban J connectivity index is 1.73. The van der Waals surface area contributed by atoms with Crippen LogP contribution in [0.3, 0.4) is 0 Å². The van der Waals surface area contributed by atoms with Gasteiger partial charge in [0.05, 0.1) is 21.0 Å². The lowest BCUT2D eigenvalue weighted by Crippen LogP contribution is -2.28. The van der Waals surface area contributed by atoms with Crippen molar-refractivity contribution < 1.29 is 22.8 Å². The van der Waals surface area contributed by atoms with Crippen molar-refractivity contribution in [1.82, 2.24) is 5.48 Å². The van der Waals surface area contributed by atoms with E-state index in [1.165, 1.54) is 6.08 Å². The monoisotopic (exact) mass is 463 g/mol. The van der Waals surface area contributed by atoms with Gasteiger partial charge in [-0.05, 0) is 48.2 Å². The van der Waals surface area contributed by atoms with Gasteiger partial charge in [0.25, 0.3) is 5.91 Å². The molecule has 0 aromatic heterocycles. The molecule has 0 spiro atoms. The molecule has 154 valence electrons. The summed E-state index contributed by atoms with van der Waals surface area (Å²) in [6.45, 7) is 0. The van der Waals surface area contributed by atoms with E-state index >= 15 is 0 Å². The molecule has 1 amide bonds. The van der Waals surface area contributed by atoms with Gasteiger partial charge in [-0.3, -0.25) is 4.79 Å². The zero-order valence-corrected chi connectivity index (χ0v) is 17.0. The summed E-state index contributed by atoms with van der Waals surface area (Å²) in [6, 6.07) is 8.54. The van der Waals surface area contributed by atoms with Crippen LogP contribution in [0.4, 0.5) is 13.2 Å². The van der Waals surface area contributed by atoms with Crippen molar-refractivity contribution in [2.45, 2.75) is 24.9 Å². The molecule has 0 radical (unpaired) electrons. The third kappa shape index (κ3) is 5.81. The highest BCUT2D eigenvalue weighted by Gasteiger charge is 2.39. The Labute approximate surface area is 180 Å². The molecule has 29 heavy (non-hydrogen) atoms. The summed E-state index contributed by atoms with van der Waals surface area (Å²) in [4.78, 5) is 16.7. The van der Waals surface area contributed by atoms with E-state index < -0.39 is 12.1 Å². The summed E-state index contributed by atoms with van der Waals surface area (Å²) in [6.07, 6.45) is -0.498. The average molecular weight is 465 g/mol. The van der Waals surface area contributed by atoms with E-state index in [0.29, 0.717) is 11.3 Å². The van der Waals surface area contributed by atoms with Crippen molar-refractivity contribution in [1.29, 1.82) is 0 Å². The zero-order chi connectivity index (χ0) is 21.2. The van der Waals surface area contributed by atoms with E-state index in [1.54, 1.807) is 24.3 Å². The minimum Gasteiger partial charge on any atom is -0.380 e. The number of alkyl halides is 3. The number of carbonyl (C=O) groups is 1. The number of halogens is 6. The normalized spacial score (nSPS) is 15.4. The van der Waals surface area contributed by atoms with Gasteiger partial charge in [-0.2, -0.15) is 18.7 Å². The lowest BCUT2D eigenvalue weighted by atomic mass is 9.97. The van der Waals surface area contributed by atoms with Crippen molar-refractivity contribution in [3.05, 3.63) is 68.7 Å². The molecule has 1 fully saturated rings. The Hall–Kier alpha value is -1.89. The maximum atomic E-state index is 13.6. The molecule has 1 saturated carbocycles. The van der Waals surface area contributed by atoms with Crippen LogP contribution in [0.25, 0.3) is 6.08 Å². The number of hydrogen-bond acceptors (Lipinski definition) is 2. The summed E-state index contributed by atoms with van der Waals surface area (Å²) in [5.41, 5.74) is 2.75. The number of hydrogen-bond donors (Lipinski definition) is 1. The molecule has 0 saturated heterocycles. The Morgan fingerprint density at radius 3 is 2.21 bits per heavy atom. The Kier molecular flexibility index (Phi) is 6.66. The first-order chi connectivity index (χ1) is 13.6. The molecule has 1 atom stereocenters. The number of carbonyl (C=O) groups excluding carboxylic acids is 1. The van der Waals surface area contributed by atoms with E-state index in [0.717, 1.165) is 31.1 Å². The predicted octanol–water partition coefficient (Wildman–Crippen LogP) is 6.83. The summed E-state index contributed by atoms with van der Waals surface area (Å²) in [5.74, 6) is -1.71. The zero-order valence-electron chi connectivity index (χ0n) is 14.8. The number of amides is 1. The predicted molar refractivity (Wildman–Crippen MR) is 107 cm³/mol. The van der Waals surface area contributed by atoms with Crippen molar-refractivity contribution in [3.8, 4) is 5.75 Å². The van der Waals surface area contributed by atoms with Crippen LogP contribution in [-0.4, -0.2) is 12.1 Å². The maximum Gasteiger partial charge on any atom is 0.399 e. The molecular weight excluding hydrogens is 450 g/mol. The van der Waals surface area contributed by atoms with E-state index in [4.69, 9.17) is 39.6 Å². The molecular formula is C20H15Cl3F3NO2. The van der Waals surface area contributed by atoms with Gasteiger partial charge in [-0.15, -0.1) is 0 Å². The molecule has 2 aromatic rings. The second-order valence-electron chi connectivity index (χ2n) is 6.59. The quantitative estimate of drug-likeness (QED) is 0.376. The topological polar surface area (TPSA) is 38.3 Å². The van der Waals surface area contributed by atoms with Crippen molar-refractivity contribution in [2.75, 3.05) is 0 Å². The number of benzene rings is 2. The van der Waals surface area contributed by atoms with Crippen LogP contribution in [-0.2, 0) is 4.79 Å². The standard InChI is InChI=1S/C20H15Cl3F3NO2/c21-16-9-13(10-17(22)18(16)23)15(20(24,25)26)8-3-11-1-6-14(7-2-11)29-27-19(28)12-4-5-12/h1-3,6-10,12,15H,4-5H2,(H,27,28). The van der Waals surface area contributed by atoms with Crippen LogP contribution in [0, 0.1) is 5.92 Å². The van der Waals surface area contributed by atoms with Crippen LogP contribution in [0.2, 0.25) is 15.1 Å².